The molecule has 0 aliphatic heterocycles. The van der Waals surface area contributed by atoms with Crippen molar-refractivity contribution in [2.75, 3.05) is 12.3 Å². The third-order valence-corrected chi connectivity index (χ3v) is 5.79. The van der Waals surface area contributed by atoms with E-state index in [0.717, 1.165) is 5.75 Å². The molecule has 0 heterocycles. The molecule has 134 valence electrons. The second-order valence-electron chi connectivity index (χ2n) is 5.62. The largest absolute Gasteiger partial charge is 0.269 e. The van der Waals surface area contributed by atoms with Crippen LogP contribution in [-0.4, -0.2) is 25.6 Å². The number of benzene rings is 2. The lowest BCUT2D eigenvalue weighted by atomic mass is 10.2. The van der Waals surface area contributed by atoms with Crippen molar-refractivity contribution in [3.8, 4) is 0 Å². The van der Waals surface area contributed by atoms with Crippen LogP contribution in [0.5, 0.6) is 0 Å². The number of nitrogens with one attached hydrogen (secondary N) is 1. The average Bonchev–Trinajstić information content (AvgIpc) is 2.54. The standard InChI is InChI=1S/C17H20N2O4S2/c1-14-4-2-5-15(10-14)12-24-9-8-18-25(22,23)13-16-6-3-7-17(11-16)19(20)21/h2-7,10-11,18H,8-9,12-13H2,1H3. The van der Waals surface area contributed by atoms with Crippen molar-refractivity contribution in [2.24, 2.45) is 0 Å². The van der Waals surface area contributed by atoms with Gasteiger partial charge in [0, 0.05) is 30.2 Å². The molecule has 0 saturated carbocycles. The number of aryl methyl sites for hydroxylation is 1. The highest BCUT2D eigenvalue weighted by atomic mass is 32.2. The van der Waals surface area contributed by atoms with E-state index in [1.165, 1.54) is 29.3 Å². The lowest BCUT2D eigenvalue weighted by molar-refractivity contribution is -0.384. The minimum atomic E-state index is -3.51. The van der Waals surface area contributed by atoms with Gasteiger partial charge in [-0.15, -0.1) is 0 Å². The van der Waals surface area contributed by atoms with Gasteiger partial charge in [0.05, 0.1) is 10.7 Å². The van der Waals surface area contributed by atoms with Crippen LogP contribution in [0.2, 0.25) is 0 Å². The first-order chi connectivity index (χ1) is 11.9. The monoisotopic (exact) mass is 380 g/mol. The van der Waals surface area contributed by atoms with E-state index < -0.39 is 14.9 Å². The summed E-state index contributed by atoms with van der Waals surface area (Å²) in [6, 6.07) is 13.9. The van der Waals surface area contributed by atoms with Crippen LogP contribution in [0, 0.1) is 17.0 Å². The molecule has 0 unspecified atom stereocenters. The summed E-state index contributed by atoms with van der Waals surface area (Å²) in [6.45, 7) is 2.37. The van der Waals surface area contributed by atoms with Gasteiger partial charge in [-0.05, 0) is 18.1 Å². The van der Waals surface area contributed by atoms with Crippen LogP contribution in [0.1, 0.15) is 16.7 Å². The Morgan fingerprint density at radius 1 is 1.12 bits per heavy atom. The van der Waals surface area contributed by atoms with Crippen molar-refractivity contribution in [2.45, 2.75) is 18.4 Å². The van der Waals surface area contributed by atoms with Gasteiger partial charge in [0.2, 0.25) is 10.0 Å². The van der Waals surface area contributed by atoms with Gasteiger partial charge in [-0.3, -0.25) is 10.1 Å². The Balaban J connectivity index is 1.77. The number of non-ortho nitro benzene ring substituents is 1. The molecule has 6 nitrogen and oxygen atoms in total. The molecule has 8 heteroatoms. The zero-order chi connectivity index (χ0) is 18.3. The maximum absolute atomic E-state index is 12.1. The molecule has 0 aliphatic rings. The van der Waals surface area contributed by atoms with Crippen LogP contribution in [0.3, 0.4) is 0 Å². The van der Waals surface area contributed by atoms with Crippen molar-refractivity contribution < 1.29 is 13.3 Å². The summed E-state index contributed by atoms with van der Waals surface area (Å²) in [5, 5.41) is 10.7. The molecule has 0 amide bonds. The topological polar surface area (TPSA) is 89.3 Å². The van der Waals surface area contributed by atoms with E-state index >= 15 is 0 Å². The van der Waals surface area contributed by atoms with Crippen molar-refractivity contribution >= 4 is 27.5 Å². The van der Waals surface area contributed by atoms with Gasteiger partial charge in [-0.1, -0.05) is 42.0 Å². The van der Waals surface area contributed by atoms with Gasteiger partial charge >= 0.3 is 0 Å². The van der Waals surface area contributed by atoms with Gasteiger partial charge in [0.15, 0.2) is 0 Å². The fourth-order valence-electron chi connectivity index (χ4n) is 2.29. The first-order valence-electron chi connectivity index (χ1n) is 7.70. The van der Waals surface area contributed by atoms with Crippen LogP contribution < -0.4 is 4.72 Å². The van der Waals surface area contributed by atoms with Crippen molar-refractivity contribution in [3.63, 3.8) is 0 Å². The molecular weight excluding hydrogens is 360 g/mol. The molecular formula is C17H20N2O4S2. The molecule has 0 spiro atoms. The molecule has 1 N–H and O–H groups in total. The number of nitro groups is 1. The van der Waals surface area contributed by atoms with E-state index in [0.29, 0.717) is 17.9 Å². The quantitative estimate of drug-likeness (QED) is 0.410. The Labute approximate surface area is 151 Å². The molecule has 25 heavy (non-hydrogen) atoms. The highest BCUT2D eigenvalue weighted by molar-refractivity contribution is 7.98. The van der Waals surface area contributed by atoms with Crippen LogP contribution in [0.4, 0.5) is 5.69 Å². The highest BCUT2D eigenvalue weighted by Gasteiger charge is 2.13. The third-order valence-electron chi connectivity index (χ3n) is 3.40. The number of nitro benzene ring substituents is 1. The van der Waals surface area contributed by atoms with E-state index in [-0.39, 0.29) is 11.4 Å². The second-order valence-corrected chi connectivity index (χ2v) is 8.53. The Morgan fingerprint density at radius 2 is 1.84 bits per heavy atom. The minimum Gasteiger partial charge on any atom is -0.258 e. The van der Waals surface area contributed by atoms with Gasteiger partial charge in [-0.25, -0.2) is 13.1 Å². The van der Waals surface area contributed by atoms with Gasteiger partial charge < -0.3 is 0 Å². The maximum atomic E-state index is 12.1. The zero-order valence-corrected chi connectivity index (χ0v) is 15.5. The predicted molar refractivity (Wildman–Crippen MR) is 101 cm³/mol. The molecule has 0 radical (unpaired) electrons. The van der Waals surface area contributed by atoms with Gasteiger partial charge in [0.25, 0.3) is 5.69 Å². The van der Waals surface area contributed by atoms with Crippen molar-refractivity contribution in [1.82, 2.24) is 4.72 Å². The lowest BCUT2D eigenvalue weighted by Gasteiger charge is -2.07. The molecule has 2 aromatic rings. The average molecular weight is 380 g/mol. The smallest absolute Gasteiger partial charge is 0.258 e. The van der Waals surface area contributed by atoms with Crippen LogP contribution in [0.25, 0.3) is 0 Å². The SMILES string of the molecule is Cc1cccc(CSCCNS(=O)(=O)Cc2cccc([N+](=O)[O-])c2)c1. The maximum Gasteiger partial charge on any atom is 0.269 e. The number of hydrogen-bond acceptors (Lipinski definition) is 5. The molecule has 2 rings (SSSR count). The summed E-state index contributed by atoms with van der Waals surface area (Å²) in [5.41, 5.74) is 2.70. The number of hydrogen-bond donors (Lipinski definition) is 1. The molecule has 0 fully saturated rings. The summed E-state index contributed by atoms with van der Waals surface area (Å²) in [4.78, 5) is 10.2. The molecule has 0 bridgehead atoms. The summed E-state index contributed by atoms with van der Waals surface area (Å²) in [7, 11) is -3.51. The Bertz CT molecular complexity index is 838. The molecule has 0 saturated heterocycles. The van der Waals surface area contributed by atoms with E-state index in [4.69, 9.17) is 0 Å². The third kappa shape index (κ3) is 6.85. The van der Waals surface area contributed by atoms with Crippen LogP contribution in [0.15, 0.2) is 48.5 Å². The summed E-state index contributed by atoms with van der Waals surface area (Å²) >= 11 is 1.65. The van der Waals surface area contributed by atoms with Gasteiger partial charge in [-0.2, -0.15) is 11.8 Å². The van der Waals surface area contributed by atoms with Crippen LogP contribution in [-0.2, 0) is 21.5 Å². The number of thioether (sulfide) groups is 1. The Morgan fingerprint density at radius 3 is 2.56 bits per heavy atom. The number of rotatable bonds is 9. The fourth-order valence-corrected chi connectivity index (χ4v) is 4.36. The number of sulfonamides is 1. The van der Waals surface area contributed by atoms with Crippen LogP contribution >= 0.6 is 11.8 Å². The van der Waals surface area contributed by atoms with E-state index in [1.807, 2.05) is 25.1 Å². The molecule has 0 atom stereocenters. The van der Waals surface area contributed by atoms with E-state index in [9.17, 15) is 18.5 Å². The van der Waals surface area contributed by atoms with E-state index in [1.54, 1.807) is 17.8 Å². The zero-order valence-electron chi connectivity index (χ0n) is 13.8. The Kier molecular flexibility index (Phi) is 6.98. The molecule has 0 aliphatic carbocycles. The van der Waals surface area contributed by atoms with Crippen molar-refractivity contribution in [3.05, 3.63) is 75.3 Å². The first kappa shape index (κ1) is 19.4. The fraction of sp³-hybridized carbons (Fsp3) is 0.294. The highest BCUT2D eigenvalue weighted by Crippen LogP contribution is 2.15. The summed E-state index contributed by atoms with van der Waals surface area (Å²) in [5.74, 6) is 1.22. The predicted octanol–water partition coefficient (Wildman–Crippen LogP) is 3.26. The Hall–Kier alpha value is -1.90. The normalized spacial score (nSPS) is 11.4. The minimum absolute atomic E-state index is 0.110. The lowest BCUT2D eigenvalue weighted by Crippen LogP contribution is -2.27. The summed E-state index contributed by atoms with van der Waals surface area (Å²) < 4.78 is 26.7. The van der Waals surface area contributed by atoms with E-state index in [2.05, 4.69) is 10.8 Å². The second kappa shape index (κ2) is 8.98. The molecule has 2 aromatic carbocycles. The number of nitrogens with zero attached hydrogens (tertiary/aromatic N) is 1. The first-order valence-corrected chi connectivity index (χ1v) is 10.5. The van der Waals surface area contributed by atoms with Crippen molar-refractivity contribution in [1.29, 1.82) is 0 Å². The van der Waals surface area contributed by atoms with Gasteiger partial charge in [0.1, 0.15) is 0 Å². The molecule has 0 aromatic heterocycles. The summed E-state index contributed by atoms with van der Waals surface area (Å²) in [6.07, 6.45) is 0.